The fourth-order valence-corrected chi connectivity index (χ4v) is 4.24. The first-order valence-corrected chi connectivity index (χ1v) is 11.2. The van der Waals surface area contributed by atoms with Gasteiger partial charge in [-0.25, -0.2) is 4.79 Å². The van der Waals surface area contributed by atoms with Crippen LogP contribution in [0.25, 0.3) is 0 Å². The van der Waals surface area contributed by atoms with E-state index in [2.05, 4.69) is 11.8 Å². The first-order valence-electron chi connectivity index (χ1n) is 11.2. The molecule has 1 heterocycles. The van der Waals surface area contributed by atoms with Gasteiger partial charge in [-0.2, -0.15) is 0 Å². The molecule has 0 saturated carbocycles. The zero-order valence-corrected chi connectivity index (χ0v) is 18.6. The number of carbonyl (C=O) groups excluding carboxylic acids is 2. The quantitative estimate of drug-likeness (QED) is 0.566. The molecule has 0 amide bonds. The summed E-state index contributed by atoms with van der Waals surface area (Å²) in [5, 5.41) is 0. The minimum Gasteiger partial charge on any atom is -0.461 e. The normalized spacial score (nSPS) is 15.8. The van der Waals surface area contributed by atoms with Crippen molar-refractivity contribution in [3.63, 3.8) is 0 Å². The molecule has 0 spiro atoms. The third-order valence-corrected chi connectivity index (χ3v) is 5.85. The minimum absolute atomic E-state index is 0.132. The molecule has 0 aliphatic carbocycles. The molecular formula is C26H33NO4. The third-order valence-electron chi connectivity index (χ3n) is 5.85. The Morgan fingerprint density at radius 3 is 1.90 bits per heavy atom. The van der Waals surface area contributed by atoms with E-state index in [1.165, 1.54) is 26.2 Å². The van der Waals surface area contributed by atoms with Crippen molar-refractivity contribution in [1.29, 1.82) is 0 Å². The molecule has 1 saturated heterocycles. The van der Waals surface area contributed by atoms with Crippen molar-refractivity contribution in [1.82, 2.24) is 4.90 Å². The summed E-state index contributed by atoms with van der Waals surface area (Å²) in [5.74, 6) is -0.979. The minimum atomic E-state index is -1.41. The Bertz CT molecular complexity index is 790. The highest BCUT2D eigenvalue weighted by Gasteiger charge is 2.44. The van der Waals surface area contributed by atoms with Crippen LogP contribution >= 0.6 is 0 Å². The van der Waals surface area contributed by atoms with Gasteiger partial charge < -0.3 is 9.47 Å². The van der Waals surface area contributed by atoms with Crippen molar-refractivity contribution in [2.24, 2.45) is 0 Å². The van der Waals surface area contributed by atoms with Crippen LogP contribution in [0, 0.1) is 0 Å². The van der Waals surface area contributed by atoms with Gasteiger partial charge in [0.1, 0.15) is 6.61 Å². The van der Waals surface area contributed by atoms with Gasteiger partial charge in [0.05, 0.1) is 0 Å². The maximum atomic E-state index is 13.5. The number of ether oxygens (including phenoxy) is 2. The lowest BCUT2D eigenvalue weighted by molar-refractivity contribution is -0.182. The zero-order valence-electron chi connectivity index (χ0n) is 18.6. The van der Waals surface area contributed by atoms with Crippen LogP contribution in [0.3, 0.4) is 0 Å². The van der Waals surface area contributed by atoms with Crippen LogP contribution < -0.4 is 0 Å². The molecule has 31 heavy (non-hydrogen) atoms. The maximum Gasteiger partial charge on any atom is 0.351 e. The van der Waals surface area contributed by atoms with E-state index in [1.807, 2.05) is 60.7 Å². The summed E-state index contributed by atoms with van der Waals surface area (Å²) in [6, 6.07) is 19.4. The molecule has 1 atom stereocenters. The number of rotatable bonds is 9. The van der Waals surface area contributed by atoms with Gasteiger partial charge in [-0.15, -0.1) is 0 Å². The van der Waals surface area contributed by atoms with E-state index in [4.69, 9.17) is 9.47 Å². The maximum absolute atomic E-state index is 13.5. The largest absolute Gasteiger partial charge is 0.461 e. The lowest BCUT2D eigenvalue weighted by Gasteiger charge is -2.34. The number of carbonyl (C=O) groups is 2. The van der Waals surface area contributed by atoms with E-state index in [1.54, 1.807) is 0 Å². The Labute approximate surface area is 185 Å². The van der Waals surface area contributed by atoms with E-state index in [9.17, 15) is 9.59 Å². The molecule has 2 aromatic rings. The van der Waals surface area contributed by atoms with Gasteiger partial charge in [0.25, 0.3) is 0 Å². The molecule has 5 heteroatoms. The molecule has 1 fully saturated rings. The van der Waals surface area contributed by atoms with E-state index < -0.39 is 17.5 Å². The van der Waals surface area contributed by atoms with Crippen molar-refractivity contribution < 1.29 is 19.1 Å². The average molecular weight is 424 g/mol. The van der Waals surface area contributed by atoms with Crippen molar-refractivity contribution in [2.45, 2.75) is 57.6 Å². The Hall–Kier alpha value is -2.66. The molecule has 3 rings (SSSR count). The zero-order chi connectivity index (χ0) is 22.1. The SMILES string of the molecule is CC(=O)OC(Cc1ccccc1)(Cc1ccccc1)C(=O)OCC(C)N1CCCCC1. The molecule has 1 aliphatic rings. The molecule has 0 radical (unpaired) electrons. The fraction of sp³-hybridized carbons (Fsp3) is 0.462. The van der Waals surface area contributed by atoms with Crippen LogP contribution in [-0.2, 0) is 31.9 Å². The summed E-state index contributed by atoms with van der Waals surface area (Å²) < 4.78 is 11.6. The van der Waals surface area contributed by atoms with Crippen LogP contribution in [0.2, 0.25) is 0 Å². The molecule has 166 valence electrons. The van der Waals surface area contributed by atoms with Crippen LogP contribution in [0.4, 0.5) is 0 Å². The highest BCUT2D eigenvalue weighted by atomic mass is 16.6. The van der Waals surface area contributed by atoms with Crippen LogP contribution in [0.1, 0.15) is 44.2 Å². The van der Waals surface area contributed by atoms with Gasteiger partial charge in [-0.05, 0) is 44.0 Å². The topological polar surface area (TPSA) is 55.8 Å². The Balaban J connectivity index is 1.82. The lowest BCUT2D eigenvalue weighted by atomic mass is 9.87. The summed E-state index contributed by atoms with van der Waals surface area (Å²) in [6.07, 6.45) is 4.14. The summed E-state index contributed by atoms with van der Waals surface area (Å²) in [4.78, 5) is 27.9. The first-order chi connectivity index (χ1) is 15.0. The number of nitrogens with zero attached hydrogens (tertiary/aromatic N) is 1. The monoisotopic (exact) mass is 423 g/mol. The second-order valence-electron chi connectivity index (χ2n) is 8.46. The summed E-state index contributed by atoms with van der Waals surface area (Å²) >= 11 is 0. The van der Waals surface area contributed by atoms with Crippen molar-refractivity contribution in [3.8, 4) is 0 Å². The van der Waals surface area contributed by atoms with E-state index >= 15 is 0 Å². The van der Waals surface area contributed by atoms with Gasteiger partial charge >= 0.3 is 11.9 Å². The number of likely N-dealkylation sites (tertiary alicyclic amines) is 1. The summed E-state index contributed by atoms with van der Waals surface area (Å²) in [5.41, 5.74) is 0.428. The molecule has 1 aliphatic heterocycles. The number of benzene rings is 2. The number of piperidine rings is 1. The van der Waals surface area contributed by atoms with Crippen LogP contribution in [-0.4, -0.2) is 48.2 Å². The highest BCUT2D eigenvalue weighted by Crippen LogP contribution is 2.26. The molecule has 0 bridgehead atoms. The predicted molar refractivity (Wildman–Crippen MR) is 121 cm³/mol. The number of esters is 2. The van der Waals surface area contributed by atoms with E-state index in [0.717, 1.165) is 24.2 Å². The van der Waals surface area contributed by atoms with Crippen LogP contribution in [0.5, 0.6) is 0 Å². The third kappa shape index (κ3) is 6.66. The summed E-state index contributed by atoms with van der Waals surface area (Å²) in [7, 11) is 0. The van der Waals surface area contributed by atoms with Crippen LogP contribution in [0.15, 0.2) is 60.7 Å². The van der Waals surface area contributed by atoms with Gasteiger partial charge in [-0.1, -0.05) is 67.1 Å². The lowest BCUT2D eigenvalue weighted by Crippen LogP contribution is -2.50. The number of hydrogen-bond acceptors (Lipinski definition) is 5. The predicted octanol–water partition coefficient (Wildman–Crippen LogP) is 4.19. The van der Waals surface area contributed by atoms with Crippen molar-refractivity contribution in [3.05, 3.63) is 71.8 Å². The first kappa shape index (κ1) is 23.0. The van der Waals surface area contributed by atoms with Gasteiger partial charge in [0.15, 0.2) is 0 Å². The Morgan fingerprint density at radius 1 is 0.903 bits per heavy atom. The van der Waals surface area contributed by atoms with E-state index in [0.29, 0.717) is 0 Å². The van der Waals surface area contributed by atoms with Gasteiger partial charge in [0.2, 0.25) is 5.60 Å². The summed E-state index contributed by atoms with van der Waals surface area (Å²) in [6.45, 7) is 5.77. The second kappa shape index (κ2) is 11.1. The van der Waals surface area contributed by atoms with Crippen molar-refractivity contribution >= 4 is 11.9 Å². The smallest absolute Gasteiger partial charge is 0.351 e. The fourth-order valence-electron chi connectivity index (χ4n) is 4.24. The Kier molecular flexibility index (Phi) is 8.24. The molecular weight excluding hydrogens is 390 g/mol. The highest BCUT2D eigenvalue weighted by molar-refractivity contribution is 5.84. The molecule has 0 aromatic heterocycles. The van der Waals surface area contributed by atoms with E-state index in [-0.39, 0.29) is 25.5 Å². The molecule has 2 aromatic carbocycles. The molecule has 1 unspecified atom stereocenters. The number of hydrogen-bond donors (Lipinski definition) is 0. The van der Waals surface area contributed by atoms with Crippen molar-refractivity contribution in [2.75, 3.05) is 19.7 Å². The molecule has 0 N–H and O–H groups in total. The average Bonchev–Trinajstić information content (AvgIpc) is 2.78. The van der Waals surface area contributed by atoms with Gasteiger partial charge in [-0.3, -0.25) is 9.69 Å². The standard InChI is InChI=1S/C26H33NO4/c1-21(27-16-10-5-11-17-27)20-30-25(29)26(31-22(2)28,18-23-12-6-3-7-13-23)19-24-14-8-4-9-15-24/h3-4,6-9,12-15,21H,5,10-11,16-20H2,1-2H3. The van der Waals surface area contributed by atoms with Gasteiger partial charge in [0, 0.05) is 25.8 Å². The Morgan fingerprint density at radius 2 is 1.42 bits per heavy atom. The molecule has 5 nitrogen and oxygen atoms in total. The second-order valence-corrected chi connectivity index (χ2v) is 8.46.